The third-order valence-electron chi connectivity index (χ3n) is 11.9. The molecule has 15 rings (SSSR count). The molecular weight excluding hydrogens is 993 g/mol. The molecule has 8 heterocycles. The van der Waals surface area contributed by atoms with Gasteiger partial charge in [-0.1, -0.05) is 84.9 Å². The van der Waals surface area contributed by atoms with Crippen molar-refractivity contribution < 1.29 is 55.2 Å². The third kappa shape index (κ3) is 7.92. The molecule has 14 aromatic rings. The van der Waals surface area contributed by atoms with Gasteiger partial charge in [0.2, 0.25) is 0 Å². The smallest absolute Gasteiger partial charge is 1.00 e. The molecule has 0 aliphatic heterocycles. The molecule has 1 aliphatic rings. The van der Waals surface area contributed by atoms with Crippen molar-refractivity contribution in [3.8, 4) is 22.5 Å². The number of benzene rings is 6. The van der Waals surface area contributed by atoms with Crippen molar-refractivity contribution in [1.29, 1.82) is 0 Å². The molecule has 0 unspecified atom stereocenters. The second-order valence-corrected chi connectivity index (χ2v) is 15.6. The Hall–Kier alpha value is -7.90. The fraction of sp³-hybridized carbons (Fsp3) is 0. The van der Waals surface area contributed by atoms with Crippen molar-refractivity contribution in [2.75, 3.05) is 0 Å². The molecule has 0 spiro atoms. The number of rotatable bonds is 0. The summed E-state index contributed by atoms with van der Waals surface area (Å²) >= 11 is 0. The minimum atomic E-state index is 0. The van der Waals surface area contributed by atoms with Crippen molar-refractivity contribution in [2.24, 2.45) is 0 Å². The van der Waals surface area contributed by atoms with Gasteiger partial charge in [-0.05, 0) is 66.0 Å². The van der Waals surface area contributed by atoms with E-state index in [4.69, 9.17) is 19.9 Å². The Morgan fingerprint density at radius 2 is 0.580 bits per heavy atom. The molecule has 334 valence electrons. The van der Waals surface area contributed by atoms with Crippen LogP contribution in [0.25, 0.3) is 132 Å². The van der Waals surface area contributed by atoms with E-state index in [1.807, 2.05) is 60.7 Å². The van der Waals surface area contributed by atoms with Crippen LogP contribution in [0.15, 0.2) is 183 Å². The van der Waals surface area contributed by atoms with Gasteiger partial charge >= 0.3 is 19.5 Å². The largest absolute Gasteiger partial charge is 2.00 e. The van der Waals surface area contributed by atoms with Crippen LogP contribution in [0, 0.1) is 0 Å². The summed E-state index contributed by atoms with van der Waals surface area (Å²) in [5.41, 5.74) is 14.5. The average Bonchev–Trinajstić information content (AvgIpc) is 3.68. The Morgan fingerprint density at radius 1 is 0.275 bits per heavy atom. The number of fused-ring (bicyclic) bond motifs is 17. The van der Waals surface area contributed by atoms with Gasteiger partial charge in [-0.25, -0.2) is 19.9 Å². The molecule has 1 aliphatic carbocycles. The number of halogens is 2. The molecule has 0 saturated heterocycles. The second kappa shape index (κ2) is 19.4. The van der Waals surface area contributed by atoms with E-state index in [-0.39, 0.29) is 55.2 Å². The first-order chi connectivity index (χ1) is 31.7. The number of aromatic nitrogens is 10. The van der Waals surface area contributed by atoms with Gasteiger partial charge < -0.3 is 35.8 Å². The maximum Gasteiger partial charge on any atom is 2.00 e. The van der Waals surface area contributed by atoms with Gasteiger partial charge in [0.1, 0.15) is 0 Å². The zero-order valence-electron chi connectivity index (χ0n) is 35.9. The predicted molar refractivity (Wildman–Crippen MR) is 264 cm³/mol. The second-order valence-electron chi connectivity index (χ2n) is 15.6. The molecule has 15 heteroatoms. The zero-order valence-corrected chi connectivity index (χ0v) is 39.2. The van der Waals surface area contributed by atoms with Crippen LogP contribution in [-0.4, -0.2) is 60.8 Å². The predicted octanol–water partition coefficient (Wildman–Crippen LogP) is 4.55. The van der Waals surface area contributed by atoms with Gasteiger partial charge in [-0.2, -0.15) is 0 Å². The van der Waals surface area contributed by atoms with Gasteiger partial charge in [0.15, 0.2) is 0 Å². The van der Waals surface area contributed by atoms with Gasteiger partial charge in [-0.3, -0.25) is 29.9 Å². The standard InChI is InChI=1S/C30H14N6.2C12H8N2.2ClH.2H2O.Ru/c1-5-15-6-2-8-17-24(15)16(7-1)27-28(17)34-21-14-23-22(13-20(21)33-27)35-29-18-9-3-11-31-25(18)26-19(30(29)36-23)10-4-12-32-26;2*1-3-9-5-6-10-4-2-8-14-12(10)11(9)13-7-1;;;;;/h1-14H;2*1-8H;2*1H;2*1H2;/q;;;;;;;+2/p-2. The molecule has 0 fully saturated rings. The topological polar surface area (TPSA) is 192 Å². The molecule has 0 bridgehead atoms. The quantitative estimate of drug-likeness (QED) is 0.118. The zero-order chi connectivity index (χ0) is 42.1. The summed E-state index contributed by atoms with van der Waals surface area (Å²) in [7, 11) is 0. The van der Waals surface area contributed by atoms with E-state index < -0.39 is 0 Å². The summed E-state index contributed by atoms with van der Waals surface area (Å²) in [4.78, 5) is 46.9. The normalized spacial score (nSPS) is 10.9. The van der Waals surface area contributed by atoms with Crippen LogP contribution in [0.4, 0.5) is 0 Å². The number of hydrogen-bond acceptors (Lipinski definition) is 10. The Kier molecular flexibility index (Phi) is 13.4. The first-order valence-corrected chi connectivity index (χ1v) is 20.9. The van der Waals surface area contributed by atoms with Crippen LogP contribution in [0.1, 0.15) is 0 Å². The summed E-state index contributed by atoms with van der Waals surface area (Å²) in [6.07, 6.45) is 10.8. The van der Waals surface area contributed by atoms with E-state index in [0.29, 0.717) is 0 Å². The van der Waals surface area contributed by atoms with Crippen molar-refractivity contribution in [2.45, 2.75) is 0 Å². The summed E-state index contributed by atoms with van der Waals surface area (Å²) < 4.78 is 0. The van der Waals surface area contributed by atoms with Gasteiger partial charge in [0.25, 0.3) is 0 Å². The summed E-state index contributed by atoms with van der Waals surface area (Å²) in [5, 5.41) is 8.85. The van der Waals surface area contributed by atoms with E-state index in [1.54, 1.807) is 37.2 Å². The molecule has 0 radical (unpaired) electrons. The van der Waals surface area contributed by atoms with Crippen LogP contribution >= 0.6 is 0 Å². The van der Waals surface area contributed by atoms with Crippen molar-refractivity contribution in [1.82, 2.24) is 49.8 Å². The first-order valence-electron chi connectivity index (χ1n) is 20.9. The van der Waals surface area contributed by atoms with Crippen LogP contribution in [0.5, 0.6) is 0 Å². The van der Waals surface area contributed by atoms with E-state index >= 15 is 0 Å². The molecule has 0 saturated carbocycles. The monoisotopic (exact) mass is 1030 g/mol. The SMILES string of the molecule is O.O.[Cl-].[Cl-].[Ru+2].c1cc2c3c(cccc3c1)-c1nc3cc4nc5c6cccnc6c6ncccc6c5nc4cc3nc1-2.c1cnc2c(c1)ccc1cccnc12.c1cnc2c(c1)ccc1cccnc12. The number of pyridine rings is 6. The van der Waals surface area contributed by atoms with Crippen LogP contribution in [0.3, 0.4) is 0 Å². The molecule has 69 heavy (non-hydrogen) atoms. The van der Waals surface area contributed by atoms with Crippen molar-refractivity contribution in [3.05, 3.63) is 183 Å². The van der Waals surface area contributed by atoms with Gasteiger partial charge in [-0.15, -0.1) is 0 Å². The van der Waals surface area contributed by atoms with Crippen LogP contribution < -0.4 is 24.8 Å². The Bertz CT molecular complexity index is 3890. The Morgan fingerprint density at radius 3 is 0.942 bits per heavy atom. The Labute approximate surface area is 417 Å². The maximum absolute atomic E-state index is 5.09. The molecule has 4 N–H and O–H groups in total. The number of hydrogen-bond donors (Lipinski definition) is 0. The third-order valence-corrected chi connectivity index (χ3v) is 11.9. The average molecular weight is 1030 g/mol. The minimum Gasteiger partial charge on any atom is -1.00 e. The first kappa shape index (κ1) is 47.6. The van der Waals surface area contributed by atoms with E-state index in [9.17, 15) is 0 Å². The number of nitrogens with zero attached hydrogens (tertiary/aromatic N) is 10. The van der Waals surface area contributed by atoms with Crippen LogP contribution in [0.2, 0.25) is 0 Å². The van der Waals surface area contributed by atoms with Gasteiger partial charge in [0.05, 0.1) is 77.6 Å². The summed E-state index contributed by atoms with van der Waals surface area (Å²) in [6, 6.07) is 48.9. The van der Waals surface area contributed by atoms with E-state index in [2.05, 4.69) is 115 Å². The summed E-state index contributed by atoms with van der Waals surface area (Å²) in [6.45, 7) is 0. The summed E-state index contributed by atoms with van der Waals surface area (Å²) in [5.74, 6) is 0. The Balaban J connectivity index is 0.000000162. The van der Waals surface area contributed by atoms with Crippen LogP contribution in [-0.2, 0) is 19.5 Å². The molecular formula is C54H34Cl2N10O2Ru. The van der Waals surface area contributed by atoms with Gasteiger partial charge in [0, 0.05) is 86.0 Å². The molecule has 0 amide bonds. The maximum atomic E-state index is 5.09. The van der Waals surface area contributed by atoms with E-state index in [1.165, 1.54) is 10.8 Å². The van der Waals surface area contributed by atoms with Crippen molar-refractivity contribution >= 4 is 109 Å². The molecule has 0 atom stereocenters. The molecule has 8 aromatic heterocycles. The fourth-order valence-electron chi connectivity index (χ4n) is 9.02. The molecule has 6 aromatic carbocycles. The van der Waals surface area contributed by atoms with E-state index in [0.717, 1.165) is 121 Å². The van der Waals surface area contributed by atoms with Crippen molar-refractivity contribution in [3.63, 3.8) is 0 Å². The molecule has 12 nitrogen and oxygen atoms in total. The fourth-order valence-corrected chi connectivity index (χ4v) is 9.02. The minimum absolute atomic E-state index is 0.